The van der Waals surface area contributed by atoms with Crippen molar-refractivity contribution >= 4 is 11.6 Å². The van der Waals surface area contributed by atoms with Gasteiger partial charge in [0.05, 0.1) is 6.61 Å². The number of carbonyl (C=O) groups is 1. The predicted octanol–water partition coefficient (Wildman–Crippen LogP) is 4.21. The van der Waals surface area contributed by atoms with Crippen LogP contribution in [0, 0.1) is 0 Å². The molecule has 3 heterocycles. The summed E-state index contributed by atoms with van der Waals surface area (Å²) in [6.07, 6.45) is 2.45. The average Bonchev–Trinajstić information content (AvgIpc) is 3.46. The van der Waals surface area contributed by atoms with E-state index < -0.39 is 0 Å². The van der Waals surface area contributed by atoms with E-state index in [1.165, 1.54) is 0 Å². The largest absolute Gasteiger partial charge is 0.494 e. The van der Waals surface area contributed by atoms with Gasteiger partial charge in [0, 0.05) is 36.2 Å². The van der Waals surface area contributed by atoms with E-state index in [0.29, 0.717) is 56.0 Å². The van der Waals surface area contributed by atoms with Gasteiger partial charge in [-0.15, -0.1) is 0 Å². The number of nitrogens with zero attached hydrogens (tertiary/aromatic N) is 3. The second kappa shape index (κ2) is 8.90. The highest BCUT2D eigenvalue weighted by Gasteiger charge is 2.35. The summed E-state index contributed by atoms with van der Waals surface area (Å²) >= 11 is 0. The molecule has 3 aromatic rings. The van der Waals surface area contributed by atoms with Gasteiger partial charge in [0.2, 0.25) is 5.91 Å². The fraction of sp³-hybridized carbons (Fsp3) is 0.375. The average molecular weight is 435 g/mol. The van der Waals surface area contributed by atoms with Gasteiger partial charge >= 0.3 is 0 Å². The van der Waals surface area contributed by atoms with Crippen LogP contribution in [-0.2, 0) is 4.79 Å². The van der Waals surface area contributed by atoms with Crippen LogP contribution in [0.5, 0.6) is 17.2 Å². The smallest absolute Gasteiger partial charge is 0.257 e. The molecule has 1 saturated heterocycles. The molecule has 0 N–H and O–H groups in total. The van der Waals surface area contributed by atoms with Crippen LogP contribution in [0.3, 0.4) is 0 Å². The van der Waals surface area contributed by atoms with E-state index in [1.54, 1.807) is 4.90 Å². The van der Waals surface area contributed by atoms with Gasteiger partial charge in [-0.1, -0.05) is 18.5 Å². The molecule has 0 spiro atoms. The highest BCUT2D eigenvalue weighted by Crippen LogP contribution is 2.37. The molecule has 0 saturated carbocycles. The number of carbonyl (C=O) groups excluding carboxylic acids is 1. The number of hydrogen-bond acceptors (Lipinski definition) is 7. The molecule has 8 heteroatoms. The van der Waals surface area contributed by atoms with Crippen LogP contribution in [0.25, 0.3) is 11.5 Å². The molecule has 8 nitrogen and oxygen atoms in total. The molecule has 5 rings (SSSR count). The number of anilines is 1. The number of unbranched alkanes of at least 4 members (excludes halogenated alkanes) is 1. The first kappa shape index (κ1) is 20.4. The molecule has 1 unspecified atom stereocenters. The molecule has 2 aliphatic heterocycles. The molecule has 32 heavy (non-hydrogen) atoms. The van der Waals surface area contributed by atoms with Crippen molar-refractivity contribution in [2.45, 2.75) is 32.1 Å². The minimum Gasteiger partial charge on any atom is -0.494 e. The summed E-state index contributed by atoms with van der Waals surface area (Å²) in [4.78, 5) is 19.0. The maximum absolute atomic E-state index is 12.7. The van der Waals surface area contributed by atoms with Crippen molar-refractivity contribution in [1.29, 1.82) is 0 Å². The van der Waals surface area contributed by atoms with E-state index in [9.17, 15) is 4.79 Å². The molecule has 2 aromatic carbocycles. The number of ether oxygens (including phenoxy) is 3. The van der Waals surface area contributed by atoms with Gasteiger partial charge in [-0.2, -0.15) is 4.98 Å². The van der Waals surface area contributed by atoms with Gasteiger partial charge in [-0.25, -0.2) is 0 Å². The summed E-state index contributed by atoms with van der Waals surface area (Å²) in [7, 11) is 0. The lowest BCUT2D eigenvalue weighted by Crippen LogP contribution is -2.25. The quantitative estimate of drug-likeness (QED) is 0.514. The molecule has 0 bridgehead atoms. The van der Waals surface area contributed by atoms with Crippen molar-refractivity contribution in [3.05, 3.63) is 48.3 Å². The third kappa shape index (κ3) is 4.12. The fourth-order valence-corrected chi connectivity index (χ4v) is 3.88. The Morgan fingerprint density at radius 1 is 1.09 bits per heavy atom. The van der Waals surface area contributed by atoms with E-state index in [0.717, 1.165) is 29.8 Å². The van der Waals surface area contributed by atoms with Crippen LogP contribution in [0.15, 0.2) is 47.0 Å². The monoisotopic (exact) mass is 435 g/mol. The predicted molar refractivity (Wildman–Crippen MR) is 117 cm³/mol. The maximum Gasteiger partial charge on any atom is 0.257 e. The molecule has 0 radical (unpaired) electrons. The topological polar surface area (TPSA) is 86.9 Å². The molecule has 1 fully saturated rings. The van der Waals surface area contributed by atoms with Crippen LogP contribution in [0.4, 0.5) is 5.69 Å². The fourth-order valence-electron chi connectivity index (χ4n) is 3.88. The number of aromatic nitrogens is 2. The van der Waals surface area contributed by atoms with Crippen molar-refractivity contribution < 1.29 is 23.5 Å². The molecular formula is C24H25N3O5. The highest BCUT2D eigenvalue weighted by atomic mass is 16.6. The third-order valence-corrected chi connectivity index (χ3v) is 5.64. The Labute approximate surface area is 186 Å². The summed E-state index contributed by atoms with van der Waals surface area (Å²) in [5.41, 5.74) is 1.60. The molecule has 166 valence electrons. The van der Waals surface area contributed by atoms with Gasteiger partial charge < -0.3 is 23.6 Å². The summed E-state index contributed by atoms with van der Waals surface area (Å²) in [6, 6.07) is 13.2. The van der Waals surface area contributed by atoms with Crippen LogP contribution >= 0.6 is 0 Å². The SMILES string of the molecule is CCCCOc1ccc(-c2nc(C3CC(=O)N(c4ccc5c(c4)OCCO5)C3)no2)cc1. The van der Waals surface area contributed by atoms with Crippen molar-refractivity contribution in [3.8, 4) is 28.7 Å². The number of rotatable bonds is 7. The molecular weight excluding hydrogens is 410 g/mol. The molecule has 1 aromatic heterocycles. The lowest BCUT2D eigenvalue weighted by molar-refractivity contribution is -0.117. The first-order valence-electron chi connectivity index (χ1n) is 11.0. The minimum atomic E-state index is -0.134. The van der Waals surface area contributed by atoms with E-state index in [4.69, 9.17) is 18.7 Å². The van der Waals surface area contributed by atoms with E-state index in [1.807, 2.05) is 42.5 Å². The maximum atomic E-state index is 12.7. The summed E-state index contributed by atoms with van der Waals surface area (Å²) < 4.78 is 22.4. The Morgan fingerprint density at radius 2 is 1.91 bits per heavy atom. The van der Waals surface area contributed by atoms with Crippen LogP contribution in [-0.4, -0.2) is 42.4 Å². The summed E-state index contributed by atoms with van der Waals surface area (Å²) in [5.74, 6) is 3.04. The zero-order valence-corrected chi connectivity index (χ0v) is 18.0. The van der Waals surface area contributed by atoms with Crippen molar-refractivity contribution in [3.63, 3.8) is 0 Å². The summed E-state index contributed by atoms with van der Waals surface area (Å²) in [5, 5.41) is 4.15. The number of amides is 1. The Hall–Kier alpha value is -3.55. The zero-order valence-electron chi connectivity index (χ0n) is 18.0. The van der Waals surface area contributed by atoms with Crippen LogP contribution < -0.4 is 19.1 Å². The number of hydrogen-bond donors (Lipinski definition) is 0. The van der Waals surface area contributed by atoms with E-state index >= 15 is 0 Å². The highest BCUT2D eigenvalue weighted by molar-refractivity contribution is 5.96. The second-order valence-corrected chi connectivity index (χ2v) is 7.92. The first-order chi connectivity index (χ1) is 15.7. The lowest BCUT2D eigenvalue weighted by atomic mass is 10.1. The molecule has 1 atom stereocenters. The van der Waals surface area contributed by atoms with Crippen molar-refractivity contribution in [2.75, 3.05) is 31.3 Å². The van der Waals surface area contributed by atoms with Crippen molar-refractivity contribution in [2.24, 2.45) is 0 Å². The minimum absolute atomic E-state index is 0.0200. The van der Waals surface area contributed by atoms with E-state index in [2.05, 4.69) is 17.1 Å². The second-order valence-electron chi connectivity index (χ2n) is 7.92. The molecule has 0 aliphatic carbocycles. The molecule has 2 aliphatic rings. The van der Waals surface area contributed by atoms with Crippen molar-refractivity contribution in [1.82, 2.24) is 10.1 Å². The number of fused-ring (bicyclic) bond motifs is 1. The van der Waals surface area contributed by atoms with E-state index in [-0.39, 0.29) is 11.8 Å². The molecule has 1 amide bonds. The standard InChI is InChI=1S/C24H25N3O5/c1-2-3-10-29-19-7-4-16(5-8-19)24-25-23(26-32-24)17-13-22(28)27(15-17)18-6-9-20-21(14-18)31-12-11-30-20/h4-9,14,17H,2-3,10-13,15H2,1H3. The van der Waals surface area contributed by atoms with Gasteiger partial charge in [-0.3, -0.25) is 4.79 Å². The van der Waals surface area contributed by atoms with Gasteiger partial charge in [0.25, 0.3) is 5.89 Å². The van der Waals surface area contributed by atoms with Gasteiger partial charge in [-0.05, 0) is 42.8 Å². The van der Waals surface area contributed by atoms with Gasteiger partial charge in [0.15, 0.2) is 17.3 Å². The van der Waals surface area contributed by atoms with Crippen LogP contribution in [0.1, 0.15) is 37.9 Å². The Morgan fingerprint density at radius 3 is 2.72 bits per heavy atom. The Balaban J connectivity index is 1.27. The third-order valence-electron chi connectivity index (χ3n) is 5.64. The Bertz CT molecular complexity index is 1100. The number of benzene rings is 2. The normalized spacial score (nSPS) is 17.6. The lowest BCUT2D eigenvalue weighted by Gasteiger charge is -2.22. The summed E-state index contributed by atoms with van der Waals surface area (Å²) in [6.45, 7) is 4.36. The van der Waals surface area contributed by atoms with Crippen LogP contribution in [0.2, 0.25) is 0 Å². The Kier molecular flexibility index (Phi) is 5.66. The zero-order chi connectivity index (χ0) is 21.9. The first-order valence-corrected chi connectivity index (χ1v) is 11.0. The van der Waals surface area contributed by atoms with Gasteiger partial charge in [0.1, 0.15) is 19.0 Å².